The molecule has 2 aromatic rings. The van der Waals surface area contributed by atoms with Gasteiger partial charge in [0.2, 0.25) is 5.91 Å². The number of hydrogen-bond donors (Lipinski definition) is 2. The molecule has 21 heavy (non-hydrogen) atoms. The van der Waals surface area contributed by atoms with Gasteiger partial charge in [0.25, 0.3) is 0 Å². The monoisotopic (exact) mass is 284 g/mol. The number of nitrogens with one attached hydrogen (secondary N) is 2. The van der Waals surface area contributed by atoms with E-state index in [1.54, 1.807) is 0 Å². The fourth-order valence-electron chi connectivity index (χ4n) is 3.20. The Labute approximate surface area is 124 Å². The number of carbonyl (C=O) groups excluding carboxylic acids is 1. The first-order valence-corrected chi connectivity index (χ1v) is 7.49. The van der Waals surface area contributed by atoms with Crippen LogP contribution in [0.3, 0.4) is 0 Å². The van der Waals surface area contributed by atoms with Crippen molar-refractivity contribution in [1.82, 2.24) is 20.5 Å². The van der Waals surface area contributed by atoms with E-state index in [2.05, 4.69) is 32.6 Å². The van der Waals surface area contributed by atoms with Gasteiger partial charge in [-0.25, -0.2) is 4.98 Å². The Balaban J connectivity index is 1.68. The van der Waals surface area contributed by atoms with Gasteiger partial charge in [0, 0.05) is 13.0 Å². The van der Waals surface area contributed by atoms with E-state index in [1.165, 1.54) is 6.33 Å². The van der Waals surface area contributed by atoms with E-state index in [0.717, 1.165) is 37.1 Å². The van der Waals surface area contributed by atoms with Gasteiger partial charge in [0.05, 0.1) is 5.41 Å². The van der Waals surface area contributed by atoms with Crippen LogP contribution in [0.4, 0.5) is 0 Å². The maximum absolute atomic E-state index is 12.7. The zero-order chi connectivity index (χ0) is 14.5. The van der Waals surface area contributed by atoms with E-state index in [9.17, 15) is 4.79 Å². The number of benzene rings is 1. The summed E-state index contributed by atoms with van der Waals surface area (Å²) in [4.78, 5) is 16.8. The highest BCUT2D eigenvalue weighted by molar-refractivity contribution is 5.88. The standard InChI is InChI=1S/C16H20N4O/c21-15(17-11-8-14-18-12-19-20-14)16(9-4-5-10-16)13-6-2-1-3-7-13/h1-3,6-7,12H,4-5,8-11H2,(H,17,21)(H,18,19,20). The van der Waals surface area contributed by atoms with Crippen molar-refractivity contribution >= 4 is 5.91 Å². The Kier molecular flexibility index (Phi) is 3.99. The van der Waals surface area contributed by atoms with Gasteiger partial charge in [-0.2, -0.15) is 5.10 Å². The number of H-pyrrole nitrogens is 1. The van der Waals surface area contributed by atoms with Crippen molar-refractivity contribution in [1.29, 1.82) is 0 Å². The number of hydrogen-bond acceptors (Lipinski definition) is 3. The molecule has 0 aliphatic heterocycles. The summed E-state index contributed by atoms with van der Waals surface area (Å²) >= 11 is 0. The zero-order valence-electron chi connectivity index (χ0n) is 12.0. The lowest BCUT2D eigenvalue weighted by Crippen LogP contribution is -2.43. The predicted molar refractivity (Wildman–Crippen MR) is 79.7 cm³/mol. The van der Waals surface area contributed by atoms with Crippen molar-refractivity contribution in [2.75, 3.05) is 6.54 Å². The summed E-state index contributed by atoms with van der Waals surface area (Å²) in [5, 5.41) is 9.69. The molecular weight excluding hydrogens is 264 g/mol. The lowest BCUT2D eigenvalue weighted by Gasteiger charge is -2.28. The molecular formula is C16H20N4O. The molecule has 1 aromatic heterocycles. The fourth-order valence-corrected chi connectivity index (χ4v) is 3.20. The Hall–Kier alpha value is -2.17. The molecule has 110 valence electrons. The maximum Gasteiger partial charge on any atom is 0.230 e. The molecule has 5 heteroatoms. The van der Waals surface area contributed by atoms with Crippen molar-refractivity contribution < 1.29 is 4.79 Å². The van der Waals surface area contributed by atoms with Crippen molar-refractivity contribution in [3.05, 3.63) is 48.0 Å². The molecule has 1 aliphatic rings. The number of amides is 1. The van der Waals surface area contributed by atoms with Gasteiger partial charge in [-0.15, -0.1) is 0 Å². The Morgan fingerprint density at radius 3 is 2.67 bits per heavy atom. The van der Waals surface area contributed by atoms with Gasteiger partial charge in [0.15, 0.2) is 0 Å². The van der Waals surface area contributed by atoms with Crippen LogP contribution in [0.1, 0.15) is 37.1 Å². The van der Waals surface area contributed by atoms with E-state index in [-0.39, 0.29) is 11.3 Å². The Morgan fingerprint density at radius 2 is 2.00 bits per heavy atom. The zero-order valence-corrected chi connectivity index (χ0v) is 12.0. The van der Waals surface area contributed by atoms with Crippen LogP contribution in [0.25, 0.3) is 0 Å². The molecule has 1 amide bonds. The van der Waals surface area contributed by atoms with Gasteiger partial charge in [0.1, 0.15) is 12.2 Å². The van der Waals surface area contributed by atoms with Crippen molar-refractivity contribution in [3.8, 4) is 0 Å². The summed E-state index contributed by atoms with van der Waals surface area (Å²) in [5.41, 5.74) is 0.794. The van der Waals surface area contributed by atoms with Gasteiger partial charge >= 0.3 is 0 Å². The normalized spacial score (nSPS) is 16.8. The minimum atomic E-state index is -0.345. The van der Waals surface area contributed by atoms with Crippen LogP contribution in [-0.2, 0) is 16.6 Å². The third-order valence-electron chi connectivity index (χ3n) is 4.33. The van der Waals surface area contributed by atoms with Crippen LogP contribution >= 0.6 is 0 Å². The largest absolute Gasteiger partial charge is 0.355 e. The highest BCUT2D eigenvalue weighted by atomic mass is 16.2. The molecule has 0 radical (unpaired) electrons. The molecule has 2 N–H and O–H groups in total. The minimum absolute atomic E-state index is 0.144. The van der Waals surface area contributed by atoms with Gasteiger partial charge in [-0.1, -0.05) is 43.2 Å². The molecule has 0 atom stereocenters. The third-order valence-corrected chi connectivity index (χ3v) is 4.33. The summed E-state index contributed by atoms with van der Waals surface area (Å²) in [7, 11) is 0. The molecule has 1 saturated carbocycles. The number of rotatable bonds is 5. The summed E-state index contributed by atoms with van der Waals surface area (Å²) in [5.74, 6) is 0.946. The van der Waals surface area contributed by atoms with E-state index >= 15 is 0 Å². The molecule has 0 unspecified atom stereocenters. The molecule has 0 spiro atoms. The van der Waals surface area contributed by atoms with E-state index in [0.29, 0.717) is 13.0 Å². The van der Waals surface area contributed by atoms with Crippen LogP contribution in [0.2, 0.25) is 0 Å². The number of aromatic nitrogens is 3. The molecule has 1 aliphatic carbocycles. The van der Waals surface area contributed by atoms with Crippen LogP contribution < -0.4 is 5.32 Å². The molecule has 0 bridgehead atoms. The maximum atomic E-state index is 12.7. The Bertz CT molecular complexity index is 574. The number of carbonyl (C=O) groups is 1. The van der Waals surface area contributed by atoms with Gasteiger partial charge in [-0.3, -0.25) is 9.89 Å². The lowest BCUT2D eigenvalue weighted by molar-refractivity contribution is -0.126. The van der Waals surface area contributed by atoms with Crippen LogP contribution in [0, 0.1) is 0 Å². The topological polar surface area (TPSA) is 70.7 Å². The summed E-state index contributed by atoms with van der Waals surface area (Å²) in [6.45, 7) is 0.586. The Morgan fingerprint density at radius 1 is 1.24 bits per heavy atom. The minimum Gasteiger partial charge on any atom is -0.355 e. The third kappa shape index (κ3) is 2.82. The molecule has 1 fully saturated rings. The summed E-state index contributed by atoms with van der Waals surface area (Å²) in [6, 6.07) is 10.2. The van der Waals surface area contributed by atoms with Crippen molar-refractivity contribution in [2.24, 2.45) is 0 Å². The van der Waals surface area contributed by atoms with Gasteiger partial charge < -0.3 is 5.32 Å². The molecule has 1 aromatic carbocycles. The second-order valence-corrected chi connectivity index (χ2v) is 5.59. The predicted octanol–water partition coefficient (Wildman–Crippen LogP) is 1.98. The van der Waals surface area contributed by atoms with Crippen molar-refractivity contribution in [2.45, 2.75) is 37.5 Å². The van der Waals surface area contributed by atoms with E-state index in [1.807, 2.05) is 18.2 Å². The average Bonchev–Trinajstić information content (AvgIpc) is 3.20. The quantitative estimate of drug-likeness (QED) is 0.882. The number of nitrogens with zero attached hydrogens (tertiary/aromatic N) is 2. The van der Waals surface area contributed by atoms with Crippen LogP contribution in [0.15, 0.2) is 36.7 Å². The fraction of sp³-hybridized carbons (Fsp3) is 0.438. The smallest absolute Gasteiger partial charge is 0.230 e. The van der Waals surface area contributed by atoms with E-state index < -0.39 is 0 Å². The second kappa shape index (κ2) is 6.08. The summed E-state index contributed by atoms with van der Waals surface area (Å²) < 4.78 is 0. The van der Waals surface area contributed by atoms with Crippen LogP contribution in [-0.4, -0.2) is 27.6 Å². The summed E-state index contributed by atoms with van der Waals surface area (Å²) in [6.07, 6.45) is 6.27. The SMILES string of the molecule is O=C(NCCc1ncn[nH]1)C1(c2ccccc2)CCCC1. The first-order valence-electron chi connectivity index (χ1n) is 7.49. The first kappa shape index (κ1) is 13.8. The van der Waals surface area contributed by atoms with Crippen molar-refractivity contribution in [3.63, 3.8) is 0 Å². The second-order valence-electron chi connectivity index (χ2n) is 5.59. The highest BCUT2D eigenvalue weighted by Crippen LogP contribution is 2.41. The van der Waals surface area contributed by atoms with E-state index in [4.69, 9.17) is 0 Å². The lowest BCUT2D eigenvalue weighted by atomic mass is 9.78. The molecule has 1 heterocycles. The molecule has 3 rings (SSSR count). The number of aromatic amines is 1. The highest BCUT2D eigenvalue weighted by Gasteiger charge is 2.42. The molecule has 0 saturated heterocycles. The average molecular weight is 284 g/mol. The van der Waals surface area contributed by atoms with Crippen LogP contribution in [0.5, 0.6) is 0 Å². The molecule has 5 nitrogen and oxygen atoms in total. The van der Waals surface area contributed by atoms with Gasteiger partial charge in [-0.05, 0) is 18.4 Å². The first-order chi connectivity index (χ1) is 10.3.